The first kappa shape index (κ1) is 20.8. The molecule has 5 nitrogen and oxygen atoms in total. The predicted octanol–water partition coefficient (Wildman–Crippen LogP) is 4.85. The number of rotatable bonds is 4. The van der Waals surface area contributed by atoms with Gasteiger partial charge in [0.15, 0.2) is 5.11 Å². The summed E-state index contributed by atoms with van der Waals surface area (Å²) in [5, 5.41) is 3.15. The van der Waals surface area contributed by atoms with Crippen molar-refractivity contribution in [3.05, 3.63) is 89.0 Å². The summed E-state index contributed by atoms with van der Waals surface area (Å²) in [7, 11) is 1.63. The molecule has 0 unspecified atom stereocenters. The van der Waals surface area contributed by atoms with Gasteiger partial charge >= 0.3 is 0 Å². The molecular weight excluding hydrogens is 432 g/mol. The van der Waals surface area contributed by atoms with Gasteiger partial charge in [0.1, 0.15) is 11.3 Å². The molecule has 0 spiro atoms. The molecule has 1 aliphatic heterocycles. The summed E-state index contributed by atoms with van der Waals surface area (Å²) in [6.45, 7) is 0. The summed E-state index contributed by atoms with van der Waals surface area (Å²) in [5.74, 6) is -0.232. The zero-order valence-electron chi connectivity index (χ0n) is 16.5. The van der Waals surface area contributed by atoms with Gasteiger partial charge in [-0.15, -0.1) is 0 Å². The van der Waals surface area contributed by atoms with Crippen molar-refractivity contribution in [1.29, 1.82) is 0 Å². The molecule has 154 valence electrons. The third-order valence-electron chi connectivity index (χ3n) is 4.83. The molecule has 1 saturated heterocycles. The number of hydrogen-bond acceptors (Lipinski definition) is 4. The largest absolute Gasteiger partial charge is 0.497 e. The highest BCUT2D eigenvalue weighted by molar-refractivity contribution is 7.80. The van der Waals surface area contributed by atoms with Crippen LogP contribution in [0.15, 0.2) is 78.4 Å². The van der Waals surface area contributed by atoms with Crippen LogP contribution in [-0.2, 0) is 9.59 Å². The quantitative estimate of drug-likeness (QED) is 0.352. The Morgan fingerprint density at radius 2 is 1.48 bits per heavy atom. The fourth-order valence-electron chi connectivity index (χ4n) is 3.20. The molecule has 1 fully saturated rings. The molecule has 0 saturated carbocycles. The number of methoxy groups -OCH3 is 1. The third-order valence-corrected chi connectivity index (χ3v) is 5.37. The highest BCUT2D eigenvalue weighted by Crippen LogP contribution is 2.26. The van der Waals surface area contributed by atoms with Gasteiger partial charge in [-0.1, -0.05) is 48.0 Å². The number of halogens is 1. The molecule has 0 atom stereocenters. The van der Waals surface area contributed by atoms with Gasteiger partial charge in [-0.05, 0) is 71.4 Å². The number of amides is 2. The van der Waals surface area contributed by atoms with Crippen LogP contribution in [0.4, 0.5) is 5.69 Å². The number of thiocarbonyl (C=S) groups is 1. The van der Waals surface area contributed by atoms with Crippen molar-refractivity contribution in [2.24, 2.45) is 0 Å². The molecule has 1 N–H and O–H groups in total. The maximum atomic E-state index is 13.0. The Balaban J connectivity index is 1.61. The molecule has 1 heterocycles. The first-order valence-electron chi connectivity index (χ1n) is 9.38. The van der Waals surface area contributed by atoms with Crippen LogP contribution in [0.5, 0.6) is 5.75 Å². The average Bonchev–Trinajstić information content (AvgIpc) is 2.78. The van der Waals surface area contributed by atoms with Crippen molar-refractivity contribution in [2.45, 2.75) is 0 Å². The summed E-state index contributed by atoms with van der Waals surface area (Å²) >= 11 is 11.1. The van der Waals surface area contributed by atoms with Crippen molar-refractivity contribution in [3.8, 4) is 16.9 Å². The Morgan fingerprint density at radius 1 is 0.903 bits per heavy atom. The molecule has 3 aromatic rings. The van der Waals surface area contributed by atoms with Gasteiger partial charge in [0.05, 0.1) is 12.8 Å². The number of nitrogens with one attached hydrogen (secondary N) is 1. The number of anilines is 1. The summed E-state index contributed by atoms with van der Waals surface area (Å²) < 4.78 is 5.19. The van der Waals surface area contributed by atoms with Gasteiger partial charge in [0, 0.05) is 5.02 Å². The fourth-order valence-corrected chi connectivity index (χ4v) is 3.61. The van der Waals surface area contributed by atoms with Crippen molar-refractivity contribution in [1.82, 2.24) is 5.32 Å². The van der Waals surface area contributed by atoms with Crippen LogP contribution in [0.1, 0.15) is 5.56 Å². The molecule has 1 aliphatic rings. The van der Waals surface area contributed by atoms with Crippen LogP contribution in [0.2, 0.25) is 5.02 Å². The van der Waals surface area contributed by atoms with Crippen molar-refractivity contribution < 1.29 is 14.3 Å². The van der Waals surface area contributed by atoms with Crippen LogP contribution in [0, 0.1) is 0 Å². The van der Waals surface area contributed by atoms with Crippen LogP contribution in [0.25, 0.3) is 17.2 Å². The predicted molar refractivity (Wildman–Crippen MR) is 126 cm³/mol. The molecule has 4 rings (SSSR count). The minimum Gasteiger partial charge on any atom is -0.497 e. The van der Waals surface area contributed by atoms with E-state index in [1.54, 1.807) is 37.5 Å². The molecule has 31 heavy (non-hydrogen) atoms. The lowest BCUT2D eigenvalue weighted by molar-refractivity contribution is -0.122. The van der Waals surface area contributed by atoms with E-state index < -0.39 is 11.8 Å². The second-order valence-corrected chi connectivity index (χ2v) is 7.61. The minimum absolute atomic E-state index is 0.000692. The minimum atomic E-state index is -0.528. The summed E-state index contributed by atoms with van der Waals surface area (Å²) in [4.78, 5) is 26.8. The zero-order valence-corrected chi connectivity index (χ0v) is 18.0. The van der Waals surface area contributed by atoms with E-state index in [2.05, 4.69) is 5.32 Å². The van der Waals surface area contributed by atoms with E-state index in [-0.39, 0.29) is 10.7 Å². The smallest absolute Gasteiger partial charge is 0.270 e. The lowest BCUT2D eigenvalue weighted by Crippen LogP contribution is -2.54. The van der Waals surface area contributed by atoms with Gasteiger partial charge in [0.25, 0.3) is 11.8 Å². The van der Waals surface area contributed by atoms with Crippen LogP contribution >= 0.6 is 23.8 Å². The molecule has 2 amide bonds. The average molecular weight is 449 g/mol. The van der Waals surface area contributed by atoms with E-state index >= 15 is 0 Å². The molecule has 3 aromatic carbocycles. The van der Waals surface area contributed by atoms with Gasteiger partial charge in [-0.25, -0.2) is 0 Å². The number of hydrogen-bond donors (Lipinski definition) is 1. The van der Waals surface area contributed by atoms with Crippen molar-refractivity contribution in [2.75, 3.05) is 12.0 Å². The highest BCUT2D eigenvalue weighted by atomic mass is 35.5. The molecule has 0 radical (unpaired) electrons. The summed E-state index contributed by atoms with van der Waals surface area (Å²) in [6.07, 6.45) is 1.56. The molecular formula is C24H17ClN2O3S. The van der Waals surface area contributed by atoms with E-state index in [1.807, 2.05) is 48.5 Å². The number of nitrogens with zero attached hydrogens (tertiary/aromatic N) is 1. The Bertz CT molecular complexity index is 1190. The van der Waals surface area contributed by atoms with E-state index in [0.29, 0.717) is 10.7 Å². The third kappa shape index (κ3) is 4.35. The SMILES string of the molecule is COc1ccc(-c2ccc(C=C3C(=O)NC(=S)N(c4ccc(Cl)cc4)C3=O)cc2)cc1. The van der Waals surface area contributed by atoms with E-state index in [4.69, 9.17) is 28.6 Å². The maximum Gasteiger partial charge on any atom is 0.270 e. The first-order chi connectivity index (χ1) is 15.0. The Morgan fingerprint density at radius 3 is 2.06 bits per heavy atom. The number of carbonyl (C=O) groups excluding carboxylic acids is 2. The second kappa shape index (κ2) is 8.71. The number of ether oxygens (including phenoxy) is 1. The monoisotopic (exact) mass is 448 g/mol. The van der Waals surface area contributed by atoms with Crippen LogP contribution in [0.3, 0.4) is 0 Å². The number of carbonyl (C=O) groups is 2. The van der Waals surface area contributed by atoms with Crippen molar-refractivity contribution >= 4 is 52.5 Å². The lowest BCUT2D eigenvalue weighted by Gasteiger charge is -2.28. The highest BCUT2D eigenvalue weighted by Gasteiger charge is 2.34. The van der Waals surface area contributed by atoms with Gasteiger partial charge in [0.2, 0.25) is 0 Å². The summed E-state index contributed by atoms with van der Waals surface area (Å²) in [5.41, 5.74) is 3.29. The molecule has 0 bridgehead atoms. The standard InChI is InChI=1S/C24H17ClN2O3S/c1-30-20-12-6-17(7-13-20)16-4-2-15(3-5-16)14-21-22(28)26-24(31)27(23(21)29)19-10-8-18(25)9-11-19/h2-14H,1H3,(H,26,28,31). The topological polar surface area (TPSA) is 58.6 Å². The van der Waals surface area contributed by atoms with Gasteiger partial charge in [-0.3, -0.25) is 19.8 Å². The zero-order chi connectivity index (χ0) is 22.0. The van der Waals surface area contributed by atoms with Crippen LogP contribution in [-0.4, -0.2) is 24.0 Å². The second-order valence-electron chi connectivity index (χ2n) is 6.78. The van der Waals surface area contributed by atoms with Crippen LogP contribution < -0.4 is 15.0 Å². The summed E-state index contributed by atoms with van der Waals surface area (Å²) in [6, 6.07) is 22.0. The van der Waals surface area contributed by atoms with E-state index in [9.17, 15) is 9.59 Å². The molecule has 7 heteroatoms. The van der Waals surface area contributed by atoms with E-state index in [0.717, 1.165) is 22.4 Å². The molecule has 0 aliphatic carbocycles. The Kier molecular flexibility index (Phi) is 5.84. The lowest BCUT2D eigenvalue weighted by atomic mass is 10.0. The first-order valence-corrected chi connectivity index (χ1v) is 10.2. The van der Waals surface area contributed by atoms with Crippen molar-refractivity contribution in [3.63, 3.8) is 0 Å². The Hall–Kier alpha value is -3.48. The Labute approximate surface area is 189 Å². The number of benzene rings is 3. The van der Waals surface area contributed by atoms with Gasteiger partial charge < -0.3 is 4.74 Å². The van der Waals surface area contributed by atoms with Gasteiger partial charge in [-0.2, -0.15) is 0 Å². The fraction of sp³-hybridized carbons (Fsp3) is 0.0417. The maximum absolute atomic E-state index is 13.0. The normalized spacial score (nSPS) is 15.2. The molecule has 0 aromatic heterocycles. The van der Waals surface area contributed by atoms with E-state index in [1.165, 1.54) is 4.90 Å².